The van der Waals surface area contributed by atoms with Gasteiger partial charge in [-0.05, 0) is 118 Å². The minimum Gasteiger partial charge on any atom is -0.426 e. The summed E-state index contributed by atoms with van der Waals surface area (Å²) in [5, 5.41) is 0. The SMILES string of the molecule is CCCC1CCC(C2CCC(C3CCC(C(=O)Oc4ccc(F)cc4)CC3)CC2)CC1. The zero-order valence-electron chi connectivity index (χ0n) is 19.4. The maximum Gasteiger partial charge on any atom is 0.314 e. The van der Waals surface area contributed by atoms with Crippen LogP contribution in [0.2, 0.25) is 0 Å². The molecule has 0 aliphatic heterocycles. The molecule has 3 heteroatoms. The Morgan fingerprint density at radius 3 is 1.71 bits per heavy atom. The van der Waals surface area contributed by atoms with Gasteiger partial charge in [-0.3, -0.25) is 4.79 Å². The fourth-order valence-electron chi connectivity index (χ4n) is 6.97. The Morgan fingerprint density at radius 1 is 0.774 bits per heavy atom. The molecule has 0 spiro atoms. The van der Waals surface area contributed by atoms with Crippen LogP contribution in [-0.4, -0.2) is 5.97 Å². The summed E-state index contributed by atoms with van der Waals surface area (Å²) in [5.74, 6) is 4.71. The van der Waals surface area contributed by atoms with Crippen molar-refractivity contribution in [2.24, 2.45) is 35.5 Å². The summed E-state index contributed by atoms with van der Waals surface area (Å²) in [7, 11) is 0. The largest absolute Gasteiger partial charge is 0.426 e. The maximum atomic E-state index is 13.0. The van der Waals surface area contributed by atoms with Crippen LogP contribution in [0.5, 0.6) is 5.75 Å². The Balaban J connectivity index is 1.16. The van der Waals surface area contributed by atoms with Gasteiger partial charge in [-0.15, -0.1) is 0 Å². The van der Waals surface area contributed by atoms with E-state index >= 15 is 0 Å². The van der Waals surface area contributed by atoms with Crippen LogP contribution in [0.25, 0.3) is 0 Å². The van der Waals surface area contributed by atoms with Crippen LogP contribution in [0.3, 0.4) is 0 Å². The predicted octanol–water partition coefficient (Wildman–Crippen LogP) is 7.95. The summed E-state index contributed by atoms with van der Waals surface area (Å²) in [5.41, 5.74) is 0. The molecule has 0 saturated heterocycles. The third kappa shape index (κ3) is 6.11. The van der Waals surface area contributed by atoms with Crippen molar-refractivity contribution < 1.29 is 13.9 Å². The van der Waals surface area contributed by atoms with Gasteiger partial charge in [-0.1, -0.05) is 32.6 Å². The Kier molecular flexibility index (Phi) is 8.07. The first-order chi connectivity index (χ1) is 15.1. The van der Waals surface area contributed by atoms with Crippen molar-refractivity contribution in [2.45, 2.75) is 96.8 Å². The van der Waals surface area contributed by atoms with E-state index in [2.05, 4.69) is 6.92 Å². The van der Waals surface area contributed by atoms with E-state index in [1.54, 1.807) is 0 Å². The van der Waals surface area contributed by atoms with Crippen LogP contribution in [0.15, 0.2) is 24.3 Å². The molecule has 2 nitrogen and oxygen atoms in total. The van der Waals surface area contributed by atoms with Crippen molar-refractivity contribution in [1.29, 1.82) is 0 Å². The number of benzene rings is 1. The highest BCUT2D eigenvalue weighted by molar-refractivity contribution is 5.75. The van der Waals surface area contributed by atoms with E-state index in [-0.39, 0.29) is 17.7 Å². The minimum atomic E-state index is -0.306. The highest BCUT2D eigenvalue weighted by Gasteiger charge is 2.36. The maximum absolute atomic E-state index is 13.0. The number of carbonyl (C=O) groups is 1. The molecule has 0 radical (unpaired) electrons. The van der Waals surface area contributed by atoms with Gasteiger partial charge in [0.2, 0.25) is 0 Å². The van der Waals surface area contributed by atoms with E-state index in [1.165, 1.54) is 101 Å². The summed E-state index contributed by atoms with van der Waals surface area (Å²) in [6.07, 6.45) is 18.7. The van der Waals surface area contributed by atoms with Crippen LogP contribution >= 0.6 is 0 Å². The van der Waals surface area contributed by atoms with Gasteiger partial charge in [0.15, 0.2) is 0 Å². The van der Waals surface area contributed by atoms with Gasteiger partial charge in [0.25, 0.3) is 0 Å². The molecule has 3 fully saturated rings. The summed E-state index contributed by atoms with van der Waals surface area (Å²) in [4.78, 5) is 12.5. The molecule has 0 bridgehead atoms. The quantitative estimate of drug-likeness (QED) is 0.339. The number of hydrogen-bond acceptors (Lipinski definition) is 2. The highest BCUT2D eigenvalue weighted by Crippen LogP contribution is 2.46. The molecule has 0 aromatic heterocycles. The molecular formula is C28H41FO2. The van der Waals surface area contributed by atoms with Crippen molar-refractivity contribution in [3.63, 3.8) is 0 Å². The van der Waals surface area contributed by atoms with Crippen LogP contribution < -0.4 is 4.74 Å². The fourth-order valence-corrected chi connectivity index (χ4v) is 6.97. The van der Waals surface area contributed by atoms with Gasteiger partial charge < -0.3 is 4.74 Å². The molecule has 1 aromatic carbocycles. The van der Waals surface area contributed by atoms with Crippen LogP contribution in [0.4, 0.5) is 4.39 Å². The second-order valence-corrected chi connectivity index (χ2v) is 10.7. The molecule has 0 unspecified atom stereocenters. The zero-order valence-corrected chi connectivity index (χ0v) is 19.4. The molecule has 3 aliphatic carbocycles. The smallest absolute Gasteiger partial charge is 0.314 e. The first-order valence-corrected chi connectivity index (χ1v) is 13.1. The van der Waals surface area contributed by atoms with Gasteiger partial charge in [0.1, 0.15) is 11.6 Å². The van der Waals surface area contributed by atoms with Gasteiger partial charge in [-0.25, -0.2) is 4.39 Å². The van der Waals surface area contributed by atoms with Crippen LogP contribution in [0, 0.1) is 41.3 Å². The molecule has 0 amide bonds. The van der Waals surface area contributed by atoms with E-state index in [4.69, 9.17) is 4.74 Å². The number of esters is 1. The van der Waals surface area contributed by atoms with E-state index in [9.17, 15) is 9.18 Å². The van der Waals surface area contributed by atoms with Crippen molar-refractivity contribution in [3.8, 4) is 5.75 Å². The molecule has 4 rings (SSSR count). The second kappa shape index (κ2) is 11.0. The fraction of sp³-hybridized carbons (Fsp3) is 0.750. The topological polar surface area (TPSA) is 26.3 Å². The van der Waals surface area contributed by atoms with E-state index in [0.29, 0.717) is 5.75 Å². The van der Waals surface area contributed by atoms with Crippen molar-refractivity contribution in [2.75, 3.05) is 0 Å². The van der Waals surface area contributed by atoms with Gasteiger partial charge in [-0.2, -0.15) is 0 Å². The van der Waals surface area contributed by atoms with E-state index in [1.807, 2.05) is 0 Å². The van der Waals surface area contributed by atoms with Crippen LogP contribution in [0.1, 0.15) is 96.8 Å². The van der Waals surface area contributed by atoms with Gasteiger partial charge >= 0.3 is 5.97 Å². The Bertz CT molecular complexity index is 675. The number of carbonyl (C=O) groups excluding carboxylic acids is 1. The molecule has 172 valence electrons. The number of halogens is 1. The molecule has 3 saturated carbocycles. The molecule has 0 heterocycles. The third-order valence-corrected chi connectivity index (χ3v) is 8.88. The highest BCUT2D eigenvalue weighted by atomic mass is 19.1. The Labute approximate surface area is 188 Å². The standard InChI is InChI=1S/C28H41FO2/c1-2-3-20-4-6-21(7-5-20)22-8-10-23(11-9-22)24-12-14-25(15-13-24)28(30)31-27-18-16-26(29)17-19-27/h16-25H,2-15H2,1H3. The molecule has 1 aromatic rings. The van der Waals surface area contributed by atoms with Crippen molar-refractivity contribution in [3.05, 3.63) is 30.1 Å². The first kappa shape index (κ1) is 22.8. The summed E-state index contributed by atoms with van der Waals surface area (Å²) in [6, 6.07) is 5.75. The lowest BCUT2D eigenvalue weighted by atomic mass is 9.65. The first-order valence-electron chi connectivity index (χ1n) is 13.1. The Hall–Kier alpha value is -1.38. The molecule has 31 heavy (non-hydrogen) atoms. The van der Waals surface area contributed by atoms with E-state index in [0.717, 1.165) is 42.4 Å². The Morgan fingerprint density at radius 2 is 1.23 bits per heavy atom. The molecule has 0 N–H and O–H groups in total. The second-order valence-electron chi connectivity index (χ2n) is 10.7. The summed E-state index contributed by atoms with van der Waals surface area (Å²) < 4.78 is 18.5. The third-order valence-electron chi connectivity index (χ3n) is 8.88. The van der Waals surface area contributed by atoms with Crippen LogP contribution in [-0.2, 0) is 4.79 Å². The minimum absolute atomic E-state index is 0.0101. The number of ether oxygens (including phenoxy) is 1. The molecule has 3 aliphatic rings. The van der Waals surface area contributed by atoms with Gasteiger partial charge in [0, 0.05) is 0 Å². The summed E-state index contributed by atoms with van der Waals surface area (Å²) in [6.45, 7) is 2.33. The van der Waals surface area contributed by atoms with E-state index < -0.39 is 0 Å². The lowest BCUT2D eigenvalue weighted by Crippen LogP contribution is -2.31. The average Bonchev–Trinajstić information content (AvgIpc) is 2.81. The average molecular weight is 429 g/mol. The van der Waals surface area contributed by atoms with Crippen molar-refractivity contribution >= 4 is 5.97 Å². The summed E-state index contributed by atoms with van der Waals surface area (Å²) >= 11 is 0. The lowest BCUT2D eigenvalue weighted by molar-refractivity contribution is -0.140. The number of rotatable bonds is 6. The van der Waals surface area contributed by atoms with Crippen molar-refractivity contribution in [1.82, 2.24) is 0 Å². The number of hydrogen-bond donors (Lipinski definition) is 0. The zero-order chi connectivity index (χ0) is 21.6. The predicted molar refractivity (Wildman–Crippen MR) is 123 cm³/mol. The molecule has 0 atom stereocenters. The van der Waals surface area contributed by atoms with Gasteiger partial charge in [0.05, 0.1) is 5.92 Å². The normalized spacial score (nSPS) is 34.3. The molecular weight excluding hydrogens is 387 g/mol. The lowest BCUT2D eigenvalue weighted by Gasteiger charge is -2.41. The monoisotopic (exact) mass is 428 g/mol.